The highest BCUT2D eigenvalue weighted by Crippen LogP contribution is 2.45. The zero-order chi connectivity index (χ0) is 32.0. The summed E-state index contributed by atoms with van der Waals surface area (Å²) >= 11 is 7.49. The highest BCUT2D eigenvalue weighted by atomic mass is 35.5. The molecule has 1 aliphatic carbocycles. The standard InChI is InChI=1S/C36H36ClF2N5OS/c1-2-3-4-5-21-43-35(26-11-15-28(37)16-12-26)40-41-36(43)46-23-32(45)44-34(25-13-19-30(39)20-14-25)31-8-6-7-27(33(31)42-44)22-24-9-17-29(38)18-10-24/h9-20,22,31,34H,2-8,21,23H2,1H3/b27-22+. The van der Waals surface area contributed by atoms with Crippen molar-refractivity contribution in [2.75, 3.05) is 5.75 Å². The van der Waals surface area contributed by atoms with Crippen molar-refractivity contribution in [3.63, 3.8) is 0 Å². The first-order chi connectivity index (χ1) is 22.4. The smallest absolute Gasteiger partial charge is 0.253 e. The van der Waals surface area contributed by atoms with E-state index in [1.54, 1.807) is 29.3 Å². The Morgan fingerprint density at radius 1 is 0.957 bits per heavy atom. The number of aromatic nitrogens is 3. The van der Waals surface area contributed by atoms with Gasteiger partial charge in [-0.05, 0) is 97.0 Å². The lowest BCUT2D eigenvalue weighted by atomic mass is 9.77. The number of fused-ring (bicyclic) bond motifs is 1. The molecule has 1 fully saturated rings. The normalized spacial score (nSPS) is 18.6. The molecule has 10 heteroatoms. The Bertz CT molecular complexity index is 1720. The summed E-state index contributed by atoms with van der Waals surface area (Å²) in [6.45, 7) is 2.93. The van der Waals surface area contributed by atoms with Crippen LogP contribution < -0.4 is 0 Å². The van der Waals surface area contributed by atoms with Crippen molar-refractivity contribution >= 4 is 41.1 Å². The SMILES string of the molecule is CCCCCCn1c(SCC(=O)N2N=C3/C(=C/c4ccc(F)cc4)CCCC3C2c2ccc(F)cc2)nnc1-c1ccc(Cl)cc1. The third-order valence-electron chi connectivity index (χ3n) is 8.56. The van der Waals surface area contributed by atoms with Crippen LogP contribution in [0.2, 0.25) is 5.02 Å². The minimum absolute atomic E-state index is 0.0291. The molecule has 0 N–H and O–H groups in total. The van der Waals surface area contributed by atoms with Gasteiger partial charge in [-0.1, -0.05) is 73.8 Å². The zero-order valence-electron chi connectivity index (χ0n) is 25.7. The number of allylic oxidation sites excluding steroid dienone is 1. The van der Waals surface area contributed by atoms with Crippen LogP contribution >= 0.6 is 23.4 Å². The van der Waals surface area contributed by atoms with Gasteiger partial charge in [0, 0.05) is 23.0 Å². The summed E-state index contributed by atoms with van der Waals surface area (Å²) in [4.78, 5) is 14.0. The van der Waals surface area contributed by atoms with E-state index in [1.807, 2.05) is 30.3 Å². The van der Waals surface area contributed by atoms with Gasteiger partial charge >= 0.3 is 0 Å². The lowest BCUT2D eigenvalue weighted by molar-refractivity contribution is -0.130. The summed E-state index contributed by atoms with van der Waals surface area (Å²) in [5, 5.41) is 16.9. The predicted octanol–water partition coefficient (Wildman–Crippen LogP) is 9.37. The summed E-state index contributed by atoms with van der Waals surface area (Å²) in [7, 11) is 0. The summed E-state index contributed by atoms with van der Waals surface area (Å²) in [6.07, 6.45) is 9.00. The van der Waals surface area contributed by atoms with Gasteiger partial charge in [-0.25, -0.2) is 13.8 Å². The number of carbonyl (C=O) groups excluding carboxylic acids is 1. The summed E-state index contributed by atoms with van der Waals surface area (Å²) < 4.78 is 29.6. The van der Waals surface area contributed by atoms with E-state index in [2.05, 4.69) is 21.7 Å². The van der Waals surface area contributed by atoms with Gasteiger partial charge in [0.1, 0.15) is 11.6 Å². The monoisotopic (exact) mass is 659 g/mol. The highest BCUT2D eigenvalue weighted by molar-refractivity contribution is 7.99. The Morgan fingerprint density at radius 2 is 1.67 bits per heavy atom. The summed E-state index contributed by atoms with van der Waals surface area (Å²) in [5.41, 5.74) is 4.55. The molecule has 46 heavy (non-hydrogen) atoms. The number of hydrogen-bond donors (Lipinski definition) is 0. The molecule has 2 atom stereocenters. The first-order valence-corrected chi connectivity index (χ1v) is 17.2. The van der Waals surface area contributed by atoms with Crippen LogP contribution in [-0.4, -0.2) is 37.1 Å². The predicted molar refractivity (Wildman–Crippen MR) is 180 cm³/mol. The first-order valence-electron chi connectivity index (χ1n) is 15.9. The van der Waals surface area contributed by atoms with Gasteiger partial charge in [0.25, 0.3) is 5.91 Å². The molecule has 1 amide bonds. The molecule has 2 unspecified atom stereocenters. The molecular formula is C36H36ClF2N5OS. The number of hydrogen-bond acceptors (Lipinski definition) is 5. The van der Waals surface area contributed by atoms with E-state index in [1.165, 1.54) is 36.0 Å². The molecule has 1 aliphatic heterocycles. The number of carbonyl (C=O) groups is 1. The number of benzene rings is 3. The fourth-order valence-electron chi connectivity index (χ4n) is 6.26. The molecule has 0 spiro atoms. The quantitative estimate of drug-likeness (QED) is 0.119. The average molecular weight is 660 g/mol. The molecule has 4 aromatic rings. The second-order valence-corrected chi connectivity index (χ2v) is 13.1. The van der Waals surface area contributed by atoms with Crippen LogP contribution in [0.1, 0.15) is 69.0 Å². The zero-order valence-corrected chi connectivity index (χ0v) is 27.3. The van der Waals surface area contributed by atoms with E-state index < -0.39 is 0 Å². The van der Waals surface area contributed by atoms with Crippen molar-refractivity contribution in [1.29, 1.82) is 0 Å². The lowest BCUT2D eigenvalue weighted by Crippen LogP contribution is -2.33. The van der Waals surface area contributed by atoms with E-state index in [9.17, 15) is 13.6 Å². The highest BCUT2D eigenvalue weighted by Gasteiger charge is 2.43. The molecule has 2 heterocycles. The van der Waals surface area contributed by atoms with Crippen LogP contribution in [0.4, 0.5) is 8.78 Å². The van der Waals surface area contributed by atoms with Gasteiger partial charge in [0.05, 0.1) is 17.5 Å². The van der Waals surface area contributed by atoms with Crippen molar-refractivity contribution in [2.45, 2.75) is 69.6 Å². The number of thioether (sulfide) groups is 1. The Kier molecular flexibility index (Phi) is 10.3. The Labute approximate surface area is 277 Å². The van der Waals surface area contributed by atoms with Crippen LogP contribution in [-0.2, 0) is 11.3 Å². The minimum Gasteiger partial charge on any atom is -0.302 e. The molecule has 3 aromatic carbocycles. The van der Waals surface area contributed by atoms with Crippen molar-refractivity contribution in [3.8, 4) is 11.4 Å². The number of halogens is 3. The van der Waals surface area contributed by atoms with Gasteiger partial charge in [-0.15, -0.1) is 10.2 Å². The van der Waals surface area contributed by atoms with Crippen LogP contribution in [0.3, 0.4) is 0 Å². The van der Waals surface area contributed by atoms with Crippen LogP contribution in [0.25, 0.3) is 17.5 Å². The number of amides is 1. The van der Waals surface area contributed by atoms with Gasteiger partial charge < -0.3 is 4.57 Å². The molecule has 238 valence electrons. The van der Waals surface area contributed by atoms with Gasteiger partial charge in [0.15, 0.2) is 11.0 Å². The molecule has 6 rings (SSSR count). The first kappa shape index (κ1) is 32.1. The second-order valence-electron chi connectivity index (χ2n) is 11.8. The fraction of sp³-hybridized carbons (Fsp3) is 0.333. The molecule has 2 aliphatic rings. The Balaban J connectivity index is 1.28. The van der Waals surface area contributed by atoms with E-state index >= 15 is 0 Å². The van der Waals surface area contributed by atoms with Crippen LogP contribution in [0.15, 0.2) is 88.6 Å². The summed E-state index contributed by atoms with van der Waals surface area (Å²) in [5.74, 6) is 0.0624. The maximum Gasteiger partial charge on any atom is 0.253 e. The molecule has 1 aromatic heterocycles. The molecule has 0 saturated heterocycles. The largest absolute Gasteiger partial charge is 0.302 e. The van der Waals surface area contributed by atoms with Crippen molar-refractivity contribution in [1.82, 2.24) is 19.8 Å². The van der Waals surface area contributed by atoms with E-state index in [4.69, 9.17) is 16.7 Å². The second kappa shape index (κ2) is 14.7. The average Bonchev–Trinajstić information content (AvgIpc) is 3.66. The molecule has 1 saturated carbocycles. The van der Waals surface area contributed by atoms with Crippen molar-refractivity contribution < 1.29 is 13.6 Å². The van der Waals surface area contributed by atoms with E-state index in [0.717, 1.165) is 85.3 Å². The van der Waals surface area contributed by atoms with E-state index in [0.29, 0.717) is 10.2 Å². The molecule has 0 radical (unpaired) electrons. The molecule has 6 nitrogen and oxygen atoms in total. The summed E-state index contributed by atoms with van der Waals surface area (Å²) in [6, 6.07) is 19.9. The Hall–Kier alpha value is -3.82. The van der Waals surface area contributed by atoms with Crippen LogP contribution in [0, 0.1) is 17.6 Å². The topological polar surface area (TPSA) is 63.4 Å². The maximum atomic E-state index is 14.0. The third kappa shape index (κ3) is 7.26. The maximum absolute atomic E-state index is 14.0. The number of rotatable bonds is 11. The van der Waals surface area contributed by atoms with Crippen molar-refractivity contribution in [3.05, 3.63) is 106 Å². The van der Waals surface area contributed by atoms with Gasteiger partial charge in [-0.2, -0.15) is 5.10 Å². The lowest BCUT2D eigenvalue weighted by Gasteiger charge is -2.29. The van der Waals surface area contributed by atoms with Crippen molar-refractivity contribution in [2.24, 2.45) is 11.0 Å². The number of unbranched alkanes of at least 4 members (excludes halogenated alkanes) is 3. The molecule has 0 bridgehead atoms. The Morgan fingerprint density at radius 3 is 2.39 bits per heavy atom. The van der Waals surface area contributed by atoms with Gasteiger partial charge in [-0.3, -0.25) is 4.79 Å². The molecular weight excluding hydrogens is 624 g/mol. The number of hydrazone groups is 1. The fourth-order valence-corrected chi connectivity index (χ4v) is 7.20. The van der Waals surface area contributed by atoms with E-state index in [-0.39, 0.29) is 35.3 Å². The van der Waals surface area contributed by atoms with Crippen LogP contribution in [0.5, 0.6) is 0 Å². The third-order valence-corrected chi connectivity index (χ3v) is 9.76. The van der Waals surface area contributed by atoms with Gasteiger partial charge in [0.2, 0.25) is 0 Å². The number of nitrogens with zero attached hydrogens (tertiary/aromatic N) is 5. The minimum atomic E-state index is -0.350.